The summed E-state index contributed by atoms with van der Waals surface area (Å²) in [5.74, 6) is -3.77. The summed E-state index contributed by atoms with van der Waals surface area (Å²) < 4.78 is 0. The van der Waals surface area contributed by atoms with Crippen LogP contribution in [0.2, 0.25) is 5.02 Å². The summed E-state index contributed by atoms with van der Waals surface area (Å²) in [6.45, 7) is 1.74. The van der Waals surface area contributed by atoms with Crippen LogP contribution in [0.5, 0.6) is 0 Å². The Hall–Kier alpha value is -3.01. The van der Waals surface area contributed by atoms with E-state index in [9.17, 15) is 24.0 Å². The Morgan fingerprint density at radius 3 is 2.48 bits per heavy atom. The molecule has 2 fully saturated rings. The Balaban J connectivity index is 0.00000370. The molecule has 2 aromatic heterocycles. The second-order valence-corrected chi connectivity index (χ2v) is 11.4. The number of carbonyl (C=O) groups is 5. The molecule has 1 spiro atoms. The number of piperidine rings is 1. The number of nitrogens with one attached hydrogen (secondary N) is 3. The zero-order chi connectivity index (χ0) is 28.1. The number of hydrogen-bond acceptors (Lipinski definition) is 11. The highest BCUT2D eigenvalue weighted by Gasteiger charge is 2.76. The Labute approximate surface area is 245 Å². The first kappa shape index (κ1) is 30.0. The maximum Gasteiger partial charge on any atom is 0.314 e. The van der Waals surface area contributed by atoms with Crippen molar-refractivity contribution in [2.75, 3.05) is 39.5 Å². The maximum absolute atomic E-state index is 13.4. The lowest BCUT2D eigenvalue weighted by atomic mass is 9.89. The van der Waals surface area contributed by atoms with Gasteiger partial charge in [-0.1, -0.05) is 11.6 Å². The van der Waals surface area contributed by atoms with E-state index in [4.69, 9.17) is 11.6 Å². The van der Waals surface area contributed by atoms with Crippen LogP contribution in [0.1, 0.15) is 26.8 Å². The number of thiazole rings is 1. The van der Waals surface area contributed by atoms with E-state index in [2.05, 4.69) is 30.8 Å². The van der Waals surface area contributed by atoms with Crippen molar-refractivity contribution >= 4 is 70.5 Å². The molecule has 2 aliphatic heterocycles. The lowest BCUT2D eigenvalue weighted by Crippen LogP contribution is -2.71. The summed E-state index contributed by atoms with van der Waals surface area (Å²) in [5, 5.41) is 11.6. The largest absolute Gasteiger partial charge is 0.343 e. The summed E-state index contributed by atoms with van der Waals surface area (Å²) in [7, 11) is 5.37. The third kappa shape index (κ3) is 5.34. The molecule has 2 atom stereocenters. The highest BCUT2D eigenvalue weighted by atomic mass is 35.5. The number of pyridine rings is 1. The molecule has 1 aliphatic carbocycles. The van der Waals surface area contributed by atoms with Gasteiger partial charge in [0.15, 0.2) is 10.5 Å². The quantitative estimate of drug-likeness (QED) is 0.308. The lowest BCUT2D eigenvalue weighted by Gasteiger charge is -2.46. The first-order valence-corrected chi connectivity index (χ1v) is 13.5. The molecular formula is C24H28Cl2N8O5S. The number of Topliss-reactive ketones (excluding diaryl/α,β-unsaturated/α-hetero) is 2. The Morgan fingerprint density at radius 2 is 1.85 bits per heavy atom. The summed E-state index contributed by atoms with van der Waals surface area (Å²) in [6.07, 6.45) is 2.29. The summed E-state index contributed by atoms with van der Waals surface area (Å²) in [5.41, 5.74) is -0.826. The van der Waals surface area contributed by atoms with Gasteiger partial charge in [0.05, 0.1) is 22.8 Å². The first-order chi connectivity index (χ1) is 18.5. The van der Waals surface area contributed by atoms with E-state index in [1.807, 2.05) is 7.05 Å². The van der Waals surface area contributed by atoms with Gasteiger partial charge in [-0.3, -0.25) is 24.0 Å². The predicted octanol–water partition coefficient (Wildman–Crippen LogP) is -0.104. The van der Waals surface area contributed by atoms with Gasteiger partial charge in [0.2, 0.25) is 11.6 Å². The van der Waals surface area contributed by atoms with Crippen LogP contribution < -0.4 is 16.0 Å². The number of rotatable bonds is 5. The van der Waals surface area contributed by atoms with Crippen molar-refractivity contribution in [2.24, 2.45) is 0 Å². The van der Waals surface area contributed by atoms with E-state index in [1.165, 1.54) is 29.7 Å². The Kier molecular flexibility index (Phi) is 8.59. The minimum atomic E-state index is -1.68. The lowest BCUT2D eigenvalue weighted by molar-refractivity contribution is -0.139. The fraction of sp³-hybridized carbons (Fsp3) is 0.458. The van der Waals surface area contributed by atoms with E-state index in [1.54, 1.807) is 24.1 Å². The fourth-order valence-electron chi connectivity index (χ4n) is 5.17. The molecule has 2 aromatic rings. The molecule has 5 rings (SSSR count). The SMILES string of the molecule is CN1CCc2nc(C(=O)N[C@@H]3[C@@H](NC(=O)C(=O)Nc4ccc(Cl)cn4)CCN(N(C)C)C34C(=O)C4=O)sc2C1.Cl. The molecule has 3 amide bonds. The van der Waals surface area contributed by atoms with E-state index < -0.39 is 46.9 Å². The molecule has 0 aromatic carbocycles. The molecule has 1 saturated carbocycles. The maximum atomic E-state index is 13.4. The molecule has 3 aliphatic rings. The fourth-order valence-corrected chi connectivity index (χ4v) is 6.37. The van der Waals surface area contributed by atoms with Gasteiger partial charge in [0.25, 0.3) is 5.91 Å². The van der Waals surface area contributed by atoms with Gasteiger partial charge in [-0.25, -0.2) is 20.0 Å². The van der Waals surface area contributed by atoms with Crippen LogP contribution in [0.25, 0.3) is 0 Å². The van der Waals surface area contributed by atoms with Crippen molar-refractivity contribution in [2.45, 2.75) is 37.0 Å². The minimum Gasteiger partial charge on any atom is -0.343 e. The van der Waals surface area contributed by atoms with E-state index in [-0.39, 0.29) is 36.2 Å². The van der Waals surface area contributed by atoms with Gasteiger partial charge in [-0.15, -0.1) is 23.7 Å². The molecule has 0 radical (unpaired) electrons. The van der Waals surface area contributed by atoms with Crippen LogP contribution in [0.4, 0.5) is 5.82 Å². The zero-order valence-corrected chi connectivity index (χ0v) is 24.3. The molecule has 40 heavy (non-hydrogen) atoms. The van der Waals surface area contributed by atoms with Crippen LogP contribution in [0, 0.1) is 0 Å². The van der Waals surface area contributed by atoms with Crippen molar-refractivity contribution in [3.8, 4) is 0 Å². The van der Waals surface area contributed by atoms with Crippen LogP contribution in [-0.4, -0.2) is 106 Å². The smallest absolute Gasteiger partial charge is 0.314 e. The summed E-state index contributed by atoms with van der Waals surface area (Å²) >= 11 is 7.07. The summed E-state index contributed by atoms with van der Waals surface area (Å²) in [6, 6.07) is 0.925. The standard InChI is InChI=1S/C24H27ClN8O5S.ClH/c1-31(2)33-9-7-14(27-20(36)21(37)29-16-5-4-12(25)10-26-16)17(24(33)18(34)19(24)35)30-22(38)23-28-13-6-8-32(3)11-15(13)39-23;/h4-5,10,14,17H,6-9,11H2,1-3H3,(H,27,36)(H,30,38)(H,26,29,37);1H/t14-,17+;/m0./s1. The van der Waals surface area contributed by atoms with Gasteiger partial charge in [0, 0.05) is 51.2 Å². The number of hydrogen-bond donors (Lipinski definition) is 3. The van der Waals surface area contributed by atoms with E-state index >= 15 is 0 Å². The Morgan fingerprint density at radius 1 is 1.12 bits per heavy atom. The highest BCUT2D eigenvalue weighted by Crippen LogP contribution is 2.42. The van der Waals surface area contributed by atoms with Crippen molar-refractivity contribution < 1.29 is 24.0 Å². The van der Waals surface area contributed by atoms with Crippen molar-refractivity contribution in [3.63, 3.8) is 0 Å². The minimum absolute atomic E-state index is 0. The van der Waals surface area contributed by atoms with Gasteiger partial charge >= 0.3 is 11.8 Å². The van der Waals surface area contributed by atoms with Crippen molar-refractivity contribution in [1.29, 1.82) is 0 Å². The summed E-state index contributed by atoms with van der Waals surface area (Å²) in [4.78, 5) is 76.1. The molecule has 3 N–H and O–H groups in total. The molecule has 13 nitrogen and oxygen atoms in total. The molecule has 4 heterocycles. The molecule has 1 saturated heterocycles. The molecule has 214 valence electrons. The predicted molar refractivity (Wildman–Crippen MR) is 148 cm³/mol. The third-order valence-corrected chi connectivity index (χ3v) is 8.43. The van der Waals surface area contributed by atoms with Gasteiger partial charge in [-0.05, 0) is 25.6 Å². The van der Waals surface area contributed by atoms with E-state index in [0.29, 0.717) is 18.0 Å². The molecule has 0 unspecified atom stereocenters. The Bertz CT molecular complexity index is 1350. The monoisotopic (exact) mass is 610 g/mol. The van der Waals surface area contributed by atoms with Gasteiger partial charge < -0.3 is 20.9 Å². The molecule has 0 bridgehead atoms. The normalized spacial score (nSPS) is 21.9. The number of nitrogens with zero attached hydrogens (tertiary/aromatic N) is 5. The molecule has 16 heteroatoms. The van der Waals surface area contributed by atoms with Gasteiger partial charge in [-0.2, -0.15) is 0 Å². The number of aromatic nitrogens is 2. The average Bonchev–Trinajstić information content (AvgIpc) is 3.22. The second kappa shape index (κ2) is 11.5. The molecular weight excluding hydrogens is 583 g/mol. The number of halogens is 2. The number of fused-ring (bicyclic) bond motifs is 1. The number of anilines is 1. The number of amides is 3. The zero-order valence-electron chi connectivity index (χ0n) is 21.9. The number of likely N-dealkylation sites (N-methyl/N-ethyl adjacent to an activating group) is 1. The highest BCUT2D eigenvalue weighted by molar-refractivity contribution is 7.13. The van der Waals surface area contributed by atoms with Crippen LogP contribution in [0.3, 0.4) is 0 Å². The van der Waals surface area contributed by atoms with Crippen molar-refractivity contribution in [1.82, 2.24) is 35.5 Å². The van der Waals surface area contributed by atoms with Crippen LogP contribution in [-0.2, 0) is 32.1 Å². The number of ketones is 2. The topological polar surface area (TPSA) is 157 Å². The third-order valence-electron chi connectivity index (χ3n) is 7.13. The number of carbonyl (C=O) groups excluding carboxylic acids is 5. The number of hydrazine groups is 1. The average molecular weight is 612 g/mol. The first-order valence-electron chi connectivity index (χ1n) is 12.3. The second-order valence-electron chi connectivity index (χ2n) is 9.91. The van der Waals surface area contributed by atoms with Crippen LogP contribution >= 0.6 is 35.3 Å². The van der Waals surface area contributed by atoms with Gasteiger partial charge in [0.1, 0.15) is 5.82 Å². The van der Waals surface area contributed by atoms with E-state index in [0.717, 1.165) is 17.1 Å². The van der Waals surface area contributed by atoms with Crippen molar-refractivity contribution in [3.05, 3.63) is 38.9 Å². The van der Waals surface area contributed by atoms with Crippen LogP contribution in [0.15, 0.2) is 18.3 Å².